The summed E-state index contributed by atoms with van der Waals surface area (Å²) in [7, 11) is 0. The molecule has 0 radical (unpaired) electrons. The number of rotatable bonds is 2. The number of benzene rings is 1. The number of nitrogens with zero attached hydrogens (tertiary/aromatic N) is 1. The number of hydrogen-bond acceptors (Lipinski definition) is 2. The molecule has 2 N–H and O–H groups in total. The van der Waals surface area contributed by atoms with E-state index in [-0.39, 0.29) is 0 Å². The van der Waals surface area contributed by atoms with Crippen molar-refractivity contribution in [2.75, 3.05) is 6.54 Å². The zero-order chi connectivity index (χ0) is 8.97. The van der Waals surface area contributed by atoms with Crippen LogP contribution in [-0.2, 0) is 6.42 Å². The predicted octanol–water partition coefficient (Wildman–Crippen LogP) is 1.66. The van der Waals surface area contributed by atoms with Gasteiger partial charge in [-0.1, -0.05) is 12.1 Å². The molecule has 0 aliphatic heterocycles. The summed E-state index contributed by atoms with van der Waals surface area (Å²) in [6.07, 6.45) is 0.841. The molecule has 0 atom stereocenters. The summed E-state index contributed by atoms with van der Waals surface area (Å²) in [5, 5.41) is 8.73. The molecule has 0 spiro atoms. The molecule has 0 heterocycles. The van der Waals surface area contributed by atoms with E-state index in [4.69, 9.17) is 11.0 Å². The molecule has 2 nitrogen and oxygen atoms in total. The van der Waals surface area contributed by atoms with Crippen LogP contribution in [0.25, 0.3) is 0 Å². The van der Waals surface area contributed by atoms with Gasteiger partial charge >= 0.3 is 0 Å². The van der Waals surface area contributed by atoms with E-state index < -0.39 is 0 Å². The summed E-state index contributed by atoms with van der Waals surface area (Å²) in [5.41, 5.74) is 7.34. The van der Waals surface area contributed by atoms with Gasteiger partial charge in [0.25, 0.3) is 0 Å². The third-order valence-electron chi connectivity index (χ3n) is 1.61. The molecule has 12 heavy (non-hydrogen) atoms. The van der Waals surface area contributed by atoms with Crippen LogP contribution in [-0.4, -0.2) is 6.54 Å². The van der Waals surface area contributed by atoms with Crippen molar-refractivity contribution in [2.45, 2.75) is 6.42 Å². The second-order valence-electron chi connectivity index (χ2n) is 2.43. The molecule has 3 heteroatoms. The molecule has 0 amide bonds. The number of halogens is 1. The molecule has 1 rings (SSSR count). The van der Waals surface area contributed by atoms with Crippen molar-refractivity contribution in [3.05, 3.63) is 32.9 Å². The minimum atomic E-state index is 0.630. The first-order chi connectivity index (χ1) is 5.79. The van der Waals surface area contributed by atoms with E-state index in [2.05, 4.69) is 28.7 Å². The van der Waals surface area contributed by atoms with E-state index in [9.17, 15) is 0 Å². The topological polar surface area (TPSA) is 49.8 Å². The quantitative estimate of drug-likeness (QED) is 0.832. The summed E-state index contributed by atoms with van der Waals surface area (Å²) in [6, 6.07) is 7.87. The van der Waals surface area contributed by atoms with Crippen LogP contribution in [0.2, 0.25) is 0 Å². The van der Waals surface area contributed by atoms with Gasteiger partial charge in [-0.15, -0.1) is 0 Å². The van der Waals surface area contributed by atoms with Gasteiger partial charge in [-0.05, 0) is 47.2 Å². The Bertz CT molecular complexity index is 315. The zero-order valence-corrected chi connectivity index (χ0v) is 8.71. The Morgan fingerprint density at radius 3 is 2.83 bits per heavy atom. The lowest BCUT2D eigenvalue weighted by Crippen LogP contribution is -2.04. The van der Waals surface area contributed by atoms with Gasteiger partial charge in [0.1, 0.15) is 6.07 Å². The van der Waals surface area contributed by atoms with E-state index in [1.54, 1.807) is 0 Å². The fourth-order valence-corrected chi connectivity index (χ4v) is 1.76. The third-order valence-corrected chi connectivity index (χ3v) is 2.89. The summed E-state index contributed by atoms with van der Waals surface area (Å²) in [6.45, 7) is 0.630. The molecule has 0 unspecified atom stereocenters. The van der Waals surface area contributed by atoms with Gasteiger partial charge in [-0.3, -0.25) is 0 Å². The molecule has 0 bridgehead atoms. The minimum Gasteiger partial charge on any atom is -0.330 e. The van der Waals surface area contributed by atoms with Gasteiger partial charge in [0.05, 0.1) is 5.56 Å². The molecule has 0 fully saturated rings. The normalized spacial score (nSPS) is 9.42. The maximum atomic E-state index is 8.73. The highest BCUT2D eigenvalue weighted by Crippen LogP contribution is 2.16. The molecule has 1 aromatic carbocycles. The average Bonchev–Trinajstić information content (AvgIpc) is 2.09. The first-order valence-corrected chi connectivity index (χ1v) is 4.75. The van der Waals surface area contributed by atoms with Crippen LogP contribution < -0.4 is 5.73 Å². The molecule has 0 aliphatic carbocycles. The lowest BCUT2D eigenvalue weighted by Gasteiger charge is -2.02. The molecule has 0 aliphatic rings. The average molecular weight is 272 g/mol. The van der Waals surface area contributed by atoms with E-state index >= 15 is 0 Å². The van der Waals surface area contributed by atoms with Crippen LogP contribution in [0.3, 0.4) is 0 Å². The van der Waals surface area contributed by atoms with Crippen LogP contribution >= 0.6 is 22.6 Å². The van der Waals surface area contributed by atoms with Gasteiger partial charge in [-0.25, -0.2) is 0 Å². The Morgan fingerprint density at radius 2 is 2.25 bits per heavy atom. The molecular formula is C9H9IN2. The Hall–Kier alpha value is -0.600. The second kappa shape index (κ2) is 4.43. The van der Waals surface area contributed by atoms with Crippen LogP contribution in [0, 0.1) is 14.9 Å². The van der Waals surface area contributed by atoms with Gasteiger partial charge in [0.2, 0.25) is 0 Å². The van der Waals surface area contributed by atoms with E-state index in [0.717, 1.165) is 21.1 Å². The predicted molar refractivity (Wildman–Crippen MR) is 56.6 cm³/mol. The Kier molecular flexibility index (Phi) is 3.50. The minimum absolute atomic E-state index is 0.630. The first-order valence-electron chi connectivity index (χ1n) is 3.67. The maximum Gasteiger partial charge on any atom is 0.100 e. The van der Waals surface area contributed by atoms with Gasteiger partial charge in [-0.2, -0.15) is 5.26 Å². The van der Waals surface area contributed by atoms with Crippen LogP contribution in [0.5, 0.6) is 0 Å². The number of hydrogen-bond donors (Lipinski definition) is 1. The van der Waals surface area contributed by atoms with Crippen LogP contribution in [0.15, 0.2) is 18.2 Å². The summed E-state index contributed by atoms with van der Waals surface area (Å²) in [4.78, 5) is 0. The molecule has 0 saturated carbocycles. The highest BCUT2D eigenvalue weighted by molar-refractivity contribution is 14.1. The molecule has 0 aromatic heterocycles. The fourth-order valence-electron chi connectivity index (χ4n) is 1.01. The highest BCUT2D eigenvalue weighted by Gasteiger charge is 2.02. The van der Waals surface area contributed by atoms with E-state index in [1.807, 2.05) is 18.2 Å². The Morgan fingerprint density at radius 1 is 1.50 bits per heavy atom. The Balaban J connectivity index is 3.07. The molecule has 1 aromatic rings. The molecule has 0 saturated heterocycles. The second-order valence-corrected chi connectivity index (χ2v) is 3.51. The van der Waals surface area contributed by atoms with Crippen molar-refractivity contribution in [1.29, 1.82) is 5.26 Å². The smallest absolute Gasteiger partial charge is 0.100 e. The van der Waals surface area contributed by atoms with Crippen LogP contribution in [0.4, 0.5) is 0 Å². The van der Waals surface area contributed by atoms with Crippen LogP contribution in [0.1, 0.15) is 11.1 Å². The van der Waals surface area contributed by atoms with E-state index in [1.165, 1.54) is 0 Å². The lowest BCUT2D eigenvalue weighted by atomic mass is 10.1. The molecule has 62 valence electrons. The highest BCUT2D eigenvalue weighted by atomic mass is 127. The van der Waals surface area contributed by atoms with Crippen molar-refractivity contribution >= 4 is 22.6 Å². The largest absolute Gasteiger partial charge is 0.330 e. The summed E-state index contributed by atoms with van der Waals surface area (Å²) >= 11 is 2.19. The van der Waals surface area contributed by atoms with Crippen molar-refractivity contribution < 1.29 is 0 Å². The number of nitrogens with two attached hydrogens (primary N) is 1. The Labute approximate surface area is 85.5 Å². The maximum absolute atomic E-state index is 8.73. The third kappa shape index (κ3) is 1.96. The fraction of sp³-hybridized carbons (Fsp3) is 0.222. The van der Waals surface area contributed by atoms with Crippen molar-refractivity contribution in [1.82, 2.24) is 0 Å². The lowest BCUT2D eigenvalue weighted by molar-refractivity contribution is 0.961. The summed E-state index contributed by atoms with van der Waals surface area (Å²) < 4.78 is 1.03. The monoisotopic (exact) mass is 272 g/mol. The molecular weight excluding hydrogens is 263 g/mol. The zero-order valence-electron chi connectivity index (χ0n) is 6.55. The first kappa shape index (κ1) is 9.49. The van der Waals surface area contributed by atoms with Gasteiger partial charge in [0, 0.05) is 3.57 Å². The van der Waals surface area contributed by atoms with Crippen molar-refractivity contribution in [3.8, 4) is 6.07 Å². The SMILES string of the molecule is N#Cc1cccc(CCN)c1I. The number of nitriles is 1. The van der Waals surface area contributed by atoms with E-state index in [0.29, 0.717) is 6.54 Å². The summed E-state index contributed by atoms with van der Waals surface area (Å²) in [5.74, 6) is 0. The van der Waals surface area contributed by atoms with Crippen molar-refractivity contribution in [2.24, 2.45) is 5.73 Å². The van der Waals surface area contributed by atoms with Gasteiger partial charge < -0.3 is 5.73 Å². The van der Waals surface area contributed by atoms with Gasteiger partial charge in [0.15, 0.2) is 0 Å². The van der Waals surface area contributed by atoms with Crippen molar-refractivity contribution in [3.63, 3.8) is 0 Å². The standard InChI is InChI=1S/C9H9IN2/c10-9-7(4-5-11)2-1-3-8(9)6-12/h1-3H,4-5,11H2.